The summed E-state index contributed by atoms with van der Waals surface area (Å²) in [7, 11) is -1.35. The molecule has 0 amide bonds. The maximum atomic E-state index is 8.76. The van der Waals surface area contributed by atoms with Gasteiger partial charge in [0.05, 0.1) is 0 Å². The summed E-state index contributed by atoms with van der Waals surface area (Å²) in [6, 6.07) is 7.18. The molecule has 56 valence electrons. The summed E-state index contributed by atoms with van der Waals surface area (Å²) in [5.74, 6) is 0. The van der Waals surface area contributed by atoms with Gasteiger partial charge in [-0.15, -0.1) is 0 Å². The number of hydrogen-bond donors (Lipinski definition) is 2. The van der Waals surface area contributed by atoms with Crippen LogP contribution in [0.4, 0.5) is 0 Å². The highest BCUT2D eigenvalue weighted by Gasteiger charge is 2.11. The molecule has 2 N–H and O–H groups in total. The van der Waals surface area contributed by atoms with E-state index in [9.17, 15) is 0 Å². The first-order chi connectivity index (χ1) is 4.72. The molecule has 1 aromatic carbocycles. The first-order valence-corrected chi connectivity index (χ1v) is 3.13. The molecule has 1 aromatic rings. The number of benzene rings is 1. The third-order valence-corrected chi connectivity index (χ3v) is 1.47. The van der Waals surface area contributed by atoms with E-state index < -0.39 is 7.12 Å². The summed E-state index contributed by atoms with van der Waals surface area (Å²) in [6.07, 6.45) is 0. The fourth-order valence-electron chi connectivity index (χ4n) is 0.876. The molecule has 0 aromatic heterocycles. The van der Waals surface area contributed by atoms with Crippen LogP contribution < -0.4 is 5.46 Å². The van der Waals surface area contributed by atoms with Crippen molar-refractivity contribution in [1.82, 2.24) is 0 Å². The summed E-state index contributed by atoms with van der Waals surface area (Å²) in [4.78, 5) is 0. The molecule has 0 aliphatic rings. The topological polar surface area (TPSA) is 40.5 Å². The Balaban J connectivity index is 0. The second-order valence-electron chi connectivity index (χ2n) is 2.23. The molecule has 0 saturated carbocycles. The van der Waals surface area contributed by atoms with Crippen LogP contribution in [-0.4, -0.2) is 17.2 Å². The van der Waals surface area contributed by atoms with Crippen molar-refractivity contribution in [2.24, 2.45) is 0 Å². The molecular formula is C7H13BO2. The largest absolute Gasteiger partial charge is 0.488 e. The zero-order valence-corrected chi connectivity index (χ0v) is 5.78. The van der Waals surface area contributed by atoms with Gasteiger partial charge in [0.2, 0.25) is 0 Å². The van der Waals surface area contributed by atoms with E-state index in [0.717, 1.165) is 5.56 Å². The predicted octanol–water partition coefficient (Wildman–Crippen LogP) is 0.167. The molecule has 1 rings (SSSR count). The van der Waals surface area contributed by atoms with E-state index in [1.165, 1.54) is 0 Å². The van der Waals surface area contributed by atoms with Crippen LogP contribution in [0.15, 0.2) is 24.3 Å². The second kappa shape index (κ2) is 2.86. The zero-order valence-electron chi connectivity index (χ0n) is 5.78. The van der Waals surface area contributed by atoms with Gasteiger partial charge in [0.25, 0.3) is 0 Å². The lowest BCUT2D eigenvalue weighted by Crippen LogP contribution is -2.31. The lowest BCUT2D eigenvalue weighted by Gasteiger charge is -2.01. The molecule has 0 atom stereocenters. The Morgan fingerprint density at radius 3 is 2.30 bits per heavy atom. The lowest BCUT2D eigenvalue weighted by atomic mass is 9.77. The average molecular weight is 140 g/mol. The fraction of sp³-hybridized carbons (Fsp3) is 0.143. The van der Waals surface area contributed by atoms with E-state index in [1.807, 2.05) is 19.1 Å². The fourth-order valence-corrected chi connectivity index (χ4v) is 0.876. The lowest BCUT2D eigenvalue weighted by molar-refractivity contribution is 0.425. The number of rotatable bonds is 1. The Morgan fingerprint density at radius 2 is 1.90 bits per heavy atom. The molecule has 0 radical (unpaired) electrons. The molecule has 0 saturated heterocycles. The SMILES string of the molecule is Cc1ccccc1B(O)O.[HH].[HH]. The van der Waals surface area contributed by atoms with Gasteiger partial charge in [0, 0.05) is 2.85 Å². The van der Waals surface area contributed by atoms with Gasteiger partial charge in [-0.05, 0) is 12.4 Å². The standard InChI is InChI=1S/C7H9BO2.2H2/c1-6-4-2-3-5-7(6)8(9)10;;/h2-5,9-10H,1H3;2*1H. The highest BCUT2D eigenvalue weighted by atomic mass is 16.4. The maximum Gasteiger partial charge on any atom is 0.488 e. The minimum Gasteiger partial charge on any atom is -0.423 e. The van der Waals surface area contributed by atoms with Crippen molar-refractivity contribution >= 4 is 12.6 Å². The highest BCUT2D eigenvalue weighted by molar-refractivity contribution is 6.59. The number of hydrogen-bond acceptors (Lipinski definition) is 2. The first-order valence-electron chi connectivity index (χ1n) is 3.13. The Bertz CT molecular complexity index is 230. The molecule has 0 aliphatic carbocycles. The highest BCUT2D eigenvalue weighted by Crippen LogP contribution is 1.92. The molecule has 0 aliphatic heterocycles. The van der Waals surface area contributed by atoms with E-state index >= 15 is 0 Å². The number of aryl methyl sites for hydroxylation is 1. The Kier molecular flexibility index (Phi) is 2.09. The van der Waals surface area contributed by atoms with Gasteiger partial charge >= 0.3 is 7.12 Å². The van der Waals surface area contributed by atoms with Crippen molar-refractivity contribution < 1.29 is 12.9 Å². The van der Waals surface area contributed by atoms with Gasteiger partial charge in [-0.2, -0.15) is 0 Å². The molecule has 0 fully saturated rings. The normalized spacial score (nSPS) is 9.50. The van der Waals surface area contributed by atoms with Crippen LogP contribution in [0.2, 0.25) is 0 Å². The van der Waals surface area contributed by atoms with Crippen molar-refractivity contribution in [3.63, 3.8) is 0 Å². The van der Waals surface area contributed by atoms with Gasteiger partial charge in [-0.3, -0.25) is 0 Å². The van der Waals surface area contributed by atoms with Gasteiger partial charge in [-0.1, -0.05) is 29.8 Å². The zero-order chi connectivity index (χ0) is 7.56. The van der Waals surface area contributed by atoms with Gasteiger partial charge < -0.3 is 10.0 Å². The molecule has 0 heterocycles. The molecule has 10 heavy (non-hydrogen) atoms. The quantitative estimate of drug-likeness (QED) is 0.545. The summed E-state index contributed by atoms with van der Waals surface area (Å²) >= 11 is 0. The third kappa shape index (κ3) is 1.37. The van der Waals surface area contributed by atoms with Crippen molar-refractivity contribution in [2.45, 2.75) is 6.92 Å². The van der Waals surface area contributed by atoms with Crippen LogP contribution in [0.25, 0.3) is 0 Å². The van der Waals surface area contributed by atoms with Crippen LogP contribution >= 0.6 is 0 Å². The molecule has 3 heteroatoms. The van der Waals surface area contributed by atoms with Crippen LogP contribution in [0.3, 0.4) is 0 Å². The first kappa shape index (κ1) is 7.31. The molecule has 0 spiro atoms. The van der Waals surface area contributed by atoms with Gasteiger partial charge in [0.15, 0.2) is 0 Å². The van der Waals surface area contributed by atoms with Crippen molar-refractivity contribution in [3.05, 3.63) is 29.8 Å². The Morgan fingerprint density at radius 1 is 1.30 bits per heavy atom. The van der Waals surface area contributed by atoms with Crippen LogP contribution in [0.5, 0.6) is 0 Å². The minimum absolute atomic E-state index is 0. The van der Waals surface area contributed by atoms with Gasteiger partial charge in [0.1, 0.15) is 0 Å². The van der Waals surface area contributed by atoms with E-state index in [1.54, 1.807) is 12.1 Å². The molecule has 2 nitrogen and oxygen atoms in total. The average Bonchev–Trinajstić information content (AvgIpc) is 1.88. The third-order valence-electron chi connectivity index (χ3n) is 1.47. The van der Waals surface area contributed by atoms with Gasteiger partial charge in [-0.25, -0.2) is 0 Å². The smallest absolute Gasteiger partial charge is 0.423 e. The Labute approximate surface area is 63.2 Å². The summed E-state index contributed by atoms with van der Waals surface area (Å²) in [5.41, 5.74) is 1.47. The van der Waals surface area contributed by atoms with E-state index in [-0.39, 0.29) is 2.85 Å². The maximum absolute atomic E-state index is 8.76. The van der Waals surface area contributed by atoms with Crippen LogP contribution in [0, 0.1) is 6.92 Å². The van der Waals surface area contributed by atoms with Crippen LogP contribution in [-0.2, 0) is 0 Å². The van der Waals surface area contributed by atoms with Crippen LogP contribution in [0.1, 0.15) is 8.42 Å². The molecule has 0 unspecified atom stereocenters. The second-order valence-corrected chi connectivity index (χ2v) is 2.23. The minimum atomic E-state index is -1.35. The molecule has 0 bridgehead atoms. The monoisotopic (exact) mass is 140 g/mol. The summed E-state index contributed by atoms with van der Waals surface area (Å²) in [6.45, 7) is 1.84. The predicted molar refractivity (Wildman–Crippen MR) is 45.2 cm³/mol. The van der Waals surface area contributed by atoms with E-state index in [0.29, 0.717) is 5.46 Å². The summed E-state index contributed by atoms with van der Waals surface area (Å²) < 4.78 is 0. The summed E-state index contributed by atoms with van der Waals surface area (Å²) in [5, 5.41) is 17.5. The van der Waals surface area contributed by atoms with Crippen molar-refractivity contribution in [1.29, 1.82) is 0 Å². The Hall–Kier alpha value is -0.795. The molecular weight excluding hydrogens is 127 g/mol. The van der Waals surface area contributed by atoms with Crippen molar-refractivity contribution in [2.75, 3.05) is 0 Å². The van der Waals surface area contributed by atoms with E-state index in [2.05, 4.69) is 0 Å². The van der Waals surface area contributed by atoms with Crippen molar-refractivity contribution in [3.8, 4) is 0 Å². The van der Waals surface area contributed by atoms with E-state index in [4.69, 9.17) is 10.0 Å².